The van der Waals surface area contributed by atoms with Crippen LogP contribution in [0.3, 0.4) is 0 Å². The van der Waals surface area contributed by atoms with E-state index >= 15 is 0 Å². The summed E-state index contributed by atoms with van der Waals surface area (Å²) >= 11 is 0. The summed E-state index contributed by atoms with van der Waals surface area (Å²) < 4.78 is 77.9. The maximum absolute atomic E-state index is 13.5. The lowest BCUT2D eigenvalue weighted by Crippen LogP contribution is -2.34. The molecule has 1 N–H and O–H groups in total. The van der Waals surface area contributed by atoms with E-state index in [-0.39, 0.29) is 6.07 Å². The fraction of sp³-hybridized carbons (Fsp3) is 0.429. The van der Waals surface area contributed by atoms with Crippen LogP contribution in [0.25, 0.3) is 0 Å². The number of likely N-dealkylation sites (tertiary alicyclic amines) is 1. The van der Waals surface area contributed by atoms with E-state index in [0.717, 1.165) is 0 Å². The van der Waals surface area contributed by atoms with E-state index in [1.807, 2.05) is 0 Å². The molecule has 24 heavy (non-hydrogen) atoms. The Morgan fingerprint density at radius 3 is 2.17 bits per heavy atom. The lowest BCUT2D eigenvalue weighted by molar-refractivity contribution is -0.188. The van der Waals surface area contributed by atoms with Gasteiger partial charge in [0.2, 0.25) is 5.91 Å². The van der Waals surface area contributed by atoms with Crippen LogP contribution in [0, 0.1) is 29.3 Å². The second-order valence-corrected chi connectivity index (χ2v) is 5.43. The van der Waals surface area contributed by atoms with Gasteiger partial charge in [0, 0.05) is 24.7 Å². The summed E-state index contributed by atoms with van der Waals surface area (Å²) in [6.45, 7) is -1.58. The van der Waals surface area contributed by atoms with E-state index in [9.17, 15) is 35.9 Å². The van der Waals surface area contributed by atoms with Crippen molar-refractivity contribution in [2.75, 3.05) is 13.1 Å². The maximum atomic E-state index is 13.5. The molecule has 1 aromatic carbocycles. The highest BCUT2D eigenvalue weighted by atomic mass is 19.4. The van der Waals surface area contributed by atoms with Crippen molar-refractivity contribution in [3.05, 3.63) is 35.1 Å². The third kappa shape index (κ3) is 3.62. The van der Waals surface area contributed by atoms with Gasteiger partial charge in [0.1, 0.15) is 5.82 Å². The highest BCUT2D eigenvalue weighted by molar-refractivity contribution is 5.81. The molecule has 10 heteroatoms. The van der Waals surface area contributed by atoms with Gasteiger partial charge in [-0.2, -0.15) is 13.2 Å². The van der Waals surface area contributed by atoms with E-state index in [1.165, 1.54) is 0 Å². The van der Waals surface area contributed by atoms with Gasteiger partial charge >= 0.3 is 12.1 Å². The molecular weight excluding hydrogens is 344 g/mol. The Balaban J connectivity index is 2.16. The molecule has 0 radical (unpaired) electrons. The number of carboxylic acids is 1. The van der Waals surface area contributed by atoms with Crippen LogP contribution >= 0.6 is 0 Å². The number of halogens is 6. The lowest BCUT2D eigenvalue weighted by Gasteiger charge is -2.18. The topological polar surface area (TPSA) is 57.6 Å². The normalized spacial score (nSPS) is 21.2. The van der Waals surface area contributed by atoms with Gasteiger partial charge < -0.3 is 10.0 Å². The molecule has 1 fully saturated rings. The quantitative estimate of drug-likeness (QED) is 0.669. The number of carbonyl (C=O) groups is 2. The molecule has 0 saturated carbocycles. The van der Waals surface area contributed by atoms with Crippen LogP contribution in [0.5, 0.6) is 0 Å². The SMILES string of the molecule is O=C(O)[C@@H]1CN(C(=O)Cc2cc(F)c(F)cc2F)C[C@H]1C(F)(F)F. The number of rotatable bonds is 3. The van der Waals surface area contributed by atoms with Gasteiger partial charge in [0.05, 0.1) is 18.3 Å². The van der Waals surface area contributed by atoms with Crippen molar-refractivity contribution in [1.29, 1.82) is 0 Å². The van der Waals surface area contributed by atoms with Crippen LogP contribution in [-0.4, -0.2) is 41.1 Å². The average Bonchev–Trinajstić information content (AvgIpc) is 2.90. The zero-order valence-electron chi connectivity index (χ0n) is 11.9. The molecule has 2 atom stereocenters. The second-order valence-electron chi connectivity index (χ2n) is 5.43. The van der Waals surface area contributed by atoms with Gasteiger partial charge in [0.25, 0.3) is 0 Å². The van der Waals surface area contributed by atoms with Crippen LogP contribution in [0.4, 0.5) is 26.3 Å². The predicted octanol–water partition coefficient (Wildman–Crippen LogP) is 2.37. The van der Waals surface area contributed by atoms with Crippen molar-refractivity contribution in [2.45, 2.75) is 12.6 Å². The van der Waals surface area contributed by atoms with E-state index in [1.54, 1.807) is 0 Å². The van der Waals surface area contributed by atoms with Gasteiger partial charge in [-0.25, -0.2) is 13.2 Å². The molecule has 1 amide bonds. The first-order valence-corrected chi connectivity index (χ1v) is 6.71. The zero-order chi connectivity index (χ0) is 18.2. The van der Waals surface area contributed by atoms with Crippen molar-refractivity contribution in [3.63, 3.8) is 0 Å². The molecule has 1 heterocycles. The van der Waals surface area contributed by atoms with Crippen molar-refractivity contribution in [2.24, 2.45) is 11.8 Å². The molecule has 1 aliphatic heterocycles. The molecule has 1 aromatic rings. The lowest BCUT2D eigenvalue weighted by atomic mass is 9.96. The van der Waals surface area contributed by atoms with Crippen LogP contribution < -0.4 is 0 Å². The Labute approximate surface area is 131 Å². The third-order valence-corrected chi connectivity index (χ3v) is 3.84. The average molecular weight is 355 g/mol. The van der Waals surface area contributed by atoms with Crippen molar-refractivity contribution >= 4 is 11.9 Å². The van der Waals surface area contributed by atoms with E-state index in [2.05, 4.69) is 0 Å². The van der Waals surface area contributed by atoms with E-state index in [4.69, 9.17) is 5.11 Å². The number of carboxylic acid groups (broad SMARTS) is 1. The Bertz CT molecular complexity index is 675. The molecule has 0 unspecified atom stereocenters. The first-order valence-electron chi connectivity index (χ1n) is 6.71. The molecule has 1 aliphatic rings. The number of carbonyl (C=O) groups excluding carboxylic acids is 1. The van der Waals surface area contributed by atoms with Gasteiger partial charge in [-0.1, -0.05) is 0 Å². The van der Waals surface area contributed by atoms with Crippen molar-refractivity contribution < 1.29 is 41.0 Å². The number of hydrogen-bond donors (Lipinski definition) is 1. The minimum absolute atomic E-state index is 0.223. The predicted molar refractivity (Wildman–Crippen MR) is 67.3 cm³/mol. The minimum Gasteiger partial charge on any atom is -0.481 e. The summed E-state index contributed by atoms with van der Waals surface area (Å²) in [4.78, 5) is 23.6. The molecule has 132 valence electrons. The molecule has 4 nitrogen and oxygen atoms in total. The molecule has 0 bridgehead atoms. The Morgan fingerprint density at radius 2 is 1.67 bits per heavy atom. The fourth-order valence-corrected chi connectivity index (χ4v) is 2.56. The highest BCUT2D eigenvalue weighted by Crippen LogP contribution is 2.38. The smallest absolute Gasteiger partial charge is 0.394 e. The number of amides is 1. The Morgan fingerprint density at radius 1 is 1.08 bits per heavy atom. The van der Waals surface area contributed by atoms with Gasteiger partial charge in [0.15, 0.2) is 11.6 Å². The molecule has 0 aromatic heterocycles. The van der Waals surface area contributed by atoms with Crippen LogP contribution in [0.1, 0.15) is 5.56 Å². The number of hydrogen-bond acceptors (Lipinski definition) is 2. The Hall–Kier alpha value is -2.26. The van der Waals surface area contributed by atoms with Crippen LogP contribution in [0.15, 0.2) is 12.1 Å². The first-order chi connectivity index (χ1) is 11.0. The van der Waals surface area contributed by atoms with Crippen LogP contribution in [-0.2, 0) is 16.0 Å². The summed E-state index contributed by atoms with van der Waals surface area (Å²) in [7, 11) is 0. The molecular formula is C14H11F6NO3. The second kappa shape index (κ2) is 6.33. The summed E-state index contributed by atoms with van der Waals surface area (Å²) in [6.07, 6.45) is -5.62. The summed E-state index contributed by atoms with van der Waals surface area (Å²) in [5.41, 5.74) is -0.527. The summed E-state index contributed by atoms with van der Waals surface area (Å²) in [5, 5.41) is 8.86. The minimum atomic E-state index is -4.81. The number of aliphatic carboxylic acids is 1. The summed E-state index contributed by atoms with van der Waals surface area (Å²) in [5.74, 6) is -10.9. The van der Waals surface area contributed by atoms with E-state index < -0.39 is 72.4 Å². The maximum Gasteiger partial charge on any atom is 0.394 e. The largest absolute Gasteiger partial charge is 0.481 e. The molecule has 2 rings (SSSR count). The summed E-state index contributed by atoms with van der Waals surface area (Å²) in [6, 6.07) is 0.662. The molecule has 1 saturated heterocycles. The van der Waals surface area contributed by atoms with Gasteiger partial charge in [-0.15, -0.1) is 0 Å². The molecule has 0 spiro atoms. The molecule has 0 aliphatic carbocycles. The van der Waals surface area contributed by atoms with Gasteiger partial charge in [-0.05, 0) is 6.07 Å². The monoisotopic (exact) mass is 355 g/mol. The van der Waals surface area contributed by atoms with E-state index in [0.29, 0.717) is 11.0 Å². The fourth-order valence-electron chi connectivity index (χ4n) is 2.56. The van der Waals surface area contributed by atoms with Gasteiger partial charge in [-0.3, -0.25) is 9.59 Å². The Kier molecular flexibility index (Phi) is 4.77. The number of alkyl halides is 3. The zero-order valence-corrected chi connectivity index (χ0v) is 11.9. The van der Waals surface area contributed by atoms with Crippen molar-refractivity contribution in [1.82, 2.24) is 4.90 Å². The van der Waals surface area contributed by atoms with Crippen molar-refractivity contribution in [3.8, 4) is 0 Å². The number of nitrogens with zero attached hydrogens (tertiary/aromatic N) is 1. The first kappa shape index (κ1) is 18.1. The third-order valence-electron chi connectivity index (χ3n) is 3.84. The highest BCUT2D eigenvalue weighted by Gasteiger charge is 2.53. The standard InChI is InChI=1S/C14H11F6NO3/c15-9-3-11(17)10(16)1-6(9)2-12(22)21-4-7(13(23)24)8(5-21)14(18,19)20/h1,3,7-8H,2,4-5H2,(H,23,24)/t7-,8-/m1/s1. The van der Waals surface area contributed by atoms with Crippen LogP contribution in [0.2, 0.25) is 0 Å². The number of benzene rings is 1.